The summed E-state index contributed by atoms with van der Waals surface area (Å²) in [5, 5.41) is 5.38. The Bertz CT molecular complexity index is 832. The van der Waals surface area contributed by atoms with Crippen molar-refractivity contribution in [3.63, 3.8) is 0 Å². The minimum Gasteiger partial charge on any atom is -0.350 e. The second kappa shape index (κ2) is 8.41. The molecule has 0 bridgehead atoms. The van der Waals surface area contributed by atoms with Gasteiger partial charge in [-0.05, 0) is 70.1 Å². The predicted octanol–water partition coefficient (Wildman–Crippen LogP) is 4.19. The van der Waals surface area contributed by atoms with Crippen LogP contribution in [0.1, 0.15) is 52.0 Å². The van der Waals surface area contributed by atoms with Gasteiger partial charge in [-0.1, -0.05) is 0 Å². The number of anilines is 1. The zero-order chi connectivity index (χ0) is 23.0. The molecular formula is C22H29F4N3O2. The van der Waals surface area contributed by atoms with Crippen molar-refractivity contribution in [1.82, 2.24) is 10.2 Å². The molecule has 0 unspecified atom stereocenters. The third-order valence-electron chi connectivity index (χ3n) is 5.91. The van der Waals surface area contributed by atoms with Gasteiger partial charge in [0.2, 0.25) is 11.8 Å². The molecular weight excluding hydrogens is 414 g/mol. The molecule has 2 aliphatic rings. The van der Waals surface area contributed by atoms with Gasteiger partial charge in [0.25, 0.3) is 0 Å². The van der Waals surface area contributed by atoms with E-state index in [9.17, 15) is 27.2 Å². The number of hydrogen-bond donors (Lipinski definition) is 2. The lowest BCUT2D eigenvalue weighted by Crippen LogP contribution is -2.60. The Labute approximate surface area is 179 Å². The van der Waals surface area contributed by atoms with Crippen LogP contribution in [0.4, 0.5) is 23.2 Å². The number of benzene rings is 1. The van der Waals surface area contributed by atoms with Gasteiger partial charge in [-0.15, -0.1) is 0 Å². The summed E-state index contributed by atoms with van der Waals surface area (Å²) in [5.41, 5.74) is -1.48. The van der Waals surface area contributed by atoms with Crippen LogP contribution < -0.4 is 10.6 Å². The average molecular weight is 443 g/mol. The number of nitrogens with one attached hydrogen (secondary N) is 2. The predicted molar refractivity (Wildman–Crippen MR) is 109 cm³/mol. The second-order valence-electron chi connectivity index (χ2n) is 9.93. The molecule has 31 heavy (non-hydrogen) atoms. The van der Waals surface area contributed by atoms with E-state index in [1.165, 1.54) is 0 Å². The van der Waals surface area contributed by atoms with Crippen LogP contribution >= 0.6 is 0 Å². The van der Waals surface area contributed by atoms with Crippen molar-refractivity contribution >= 4 is 17.5 Å². The summed E-state index contributed by atoms with van der Waals surface area (Å²) in [6.45, 7) is 7.76. The molecule has 3 rings (SSSR count). The van der Waals surface area contributed by atoms with Gasteiger partial charge in [0.1, 0.15) is 5.82 Å². The lowest BCUT2D eigenvalue weighted by atomic mass is 9.65. The zero-order valence-electron chi connectivity index (χ0n) is 18.0. The third kappa shape index (κ3) is 6.18. The van der Waals surface area contributed by atoms with Crippen molar-refractivity contribution in [2.75, 3.05) is 25.0 Å². The van der Waals surface area contributed by atoms with Crippen molar-refractivity contribution in [1.29, 1.82) is 0 Å². The fourth-order valence-electron chi connectivity index (χ4n) is 4.55. The molecule has 9 heteroatoms. The Morgan fingerprint density at radius 1 is 1.10 bits per heavy atom. The van der Waals surface area contributed by atoms with Crippen LogP contribution in [0.3, 0.4) is 0 Å². The van der Waals surface area contributed by atoms with E-state index >= 15 is 0 Å². The molecule has 1 saturated carbocycles. The van der Waals surface area contributed by atoms with Gasteiger partial charge in [0.05, 0.1) is 12.1 Å². The second-order valence-corrected chi connectivity index (χ2v) is 9.93. The molecule has 2 amide bonds. The summed E-state index contributed by atoms with van der Waals surface area (Å²) < 4.78 is 52.1. The summed E-state index contributed by atoms with van der Waals surface area (Å²) in [7, 11) is 0. The lowest BCUT2D eigenvalue weighted by molar-refractivity contribution is -0.138. The maximum absolute atomic E-state index is 13.5. The first-order valence-electron chi connectivity index (χ1n) is 10.5. The number of rotatable bonds is 4. The minimum atomic E-state index is -4.68. The topological polar surface area (TPSA) is 61.4 Å². The van der Waals surface area contributed by atoms with Crippen LogP contribution in [0.2, 0.25) is 0 Å². The van der Waals surface area contributed by atoms with Gasteiger partial charge in [-0.25, -0.2) is 4.39 Å². The lowest BCUT2D eigenvalue weighted by Gasteiger charge is -2.53. The molecule has 1 aliphatic carbocycles. The van der Waals surface area contributed by atoms with Crippen molar-refractivity contribution < 1.29 is 27.2 Å². The Balaban J connectivity index is 1.48. The standard InChI is InChI=1S/C22H29F4N3O2/c1-20(2,3)28-18(30)11-29-12-21(13-29)6-4-14(5-7-21)19(31)27-17-9-15(22(24,25)26)8-16(23)10-17/h8-10,14H,4-7,11-13H2,1-3H3,(H,27,31)(H,28,30). The minimum absolute atomic E-state index is 0.0104. The third-order valence-corrected chi connectivity index (χ3v) is 5.91. The quantitative estimate of drug-likeness (QED) is 0.686. The molecule has 2 N–H and O–H groups in total. The smallest absolute Gasteiger partial charge is 0.350 e. The van der Waals surface area contributed by atoms with E-state index in [2.05, 4.69) is 15.5 Å². The highest BCUT2D eigenvalue weighted by Gasteiger charge is 2.46. The molecule has 0 atom stereocenters. The number of carbonyl (C=O) groups excluding carboxylic acids is 2. The van der Waals surface area contributed by atoms with Crippen molar-refractivity contribution in [2.45, 2.75) is 58.2 Å². The first kappa shape index (κ1) is 23.5. The highest BCUT2D eigenvalue weighted by molar-refractivity contribution is 5.92. The van der Waals surface area contributed by atoms with Gasteiger partial charge in [0.15, 0.2) is 0 Å². The van der Waals surface area contributed by atoms with Crippen LogP contribution in [0.15, 0.2) is 18.2 Å². The van der Waals surface area contributed by atoms with E-state index in [0.29, 0.717) is 25.5 Å². The number of halogens is 4. The van der Waals surface area contributed by atoms with E-state index in [4.69, 9.17) is 0 Å². The van der Waals surface area contributed by atoms with Crippen LogP contribution in [-0.4, -0.2) is 41.9 Å². The molecule has 0 radical (unpaired) electrons. The molecule has 1 aliphatic heterocycles. The van der Waals surface area contributed by atoms with Gasteiger partial charge in [-0.3, -0.25) is 14.5 Å². The summed E-state index contributed by atoms with van der Waals surface area (Å²) >= 11 is 0. The number of amides is 2. The first-order chi connectivity index (χ1) is 14.2. The van der Waals surface area contributed by atoms with Gasteiger partial charge < -0.3 is 10.6 Å². The van der Waals surface area contributed by atoms with Crippen molar-refractivity contribution in [3.8, 4) is 0 Å². The SMILES string of the molecule is CC(C)(C)NC(=O)CN1CC2(CCC(C(=O)Nc3cc(F)cc(C(F)(F)F)c3)CC2)C1. The van der Waals surface area contributed by atoms with Gasteiger partial charge >= 0.3 is 6.18 Å². The molecule has 1 saturated heterocycles. The largest absolute Gasteiger partial charge is 0.416 e. The highest BCUT2D eigenvalue weighted by Crippen LogP contribution is 2.45. The summed E-state index contributed by atoms with van der Waals surface area (Å²) in [4.78, 5) is 26.7. The number of nitrogens with zero attached hydrogens (tertiary/aromatic N) is 1. The summed E-state index contributed by atoms with van der Waals surface area (Å²) in [5.74, 6) is -1.75. The molecule has 5 nitrogen and oxygen atoms in total. The molecule has 1 spiro atoms. The first-order valence-corrected chi connectivity index (χ1v) is 10.5. The number of carbonyl (C=O) groups is 2. The number of alkyl halides is 3. The Morgan fingerprint density at radius 2 is 1.71 bits per heavy atom. The molecule has 0 aromatic heterocycles. The van der Waals surface area contributed by atoms with Gasteiger partial charge in [-0.2, -0.15) is 13.2 Å². The number of hydrogen-bond acceptors (Lipinski definition) is 3. The normalized spacial score (nSPS) is 19.7. The fraction of sp³-hybridized carbons (Fsp3) is 0.636. The van der Waals surface area contributed by atoms with Crippen LogP contribution in [0.25, 0.3) is 0 Å². The van der Waals surface area contributed by atoms with E-state index in [1.807, 2.05) is 20.8 Å². The van der Waals surface area contributed by atoms with Crippen molar-refractivity contribution in [3.05, 3.63) is 29.6 Å². The maximum atomic E-state index is 13.5. The van der Waals surface area contributed by atoms with E-state index < -0.39 is 17.6 Å². The van der Waals surface area contributed by atoms with E-state index in [-0.39, 0.29) is 34.4 Å². The van der Waals surface area contributed by atoms with Crippen LogP contribution in [0.5, 0.6) is 0 Å². The van der Waals surface area contributed by atoms with Crippen LogP contribution in [0, 0.1) is 17.2 Å². The van der Waals surface area contributed by atoms with Gasteiger partial charge in [0, 0.05) is 30.2 Å². The molecule has 172 valence electrons. The monoisotopic (exact) mass is 443 g/mol. The molecule has 2 fully saturated rings. The maximum Gasteiger partial charge on any atom is 0.416 e. The fourth-order valence-corrected chi connectivity index (χ4v) is 4.55. The summed E-state index contributed by atoms with van der Waals surface area (Å²) in [6.07, 6.45) is -1.80. The Morgan fingerprint density at radius 3 is 2.26 bits per heavy atom. The van der Waals surface area contributed by atoms with Crippen molar-refractivity contribution in [2.24, 2.45) is 11.3 Å². The highest BCUT2D eigenvalue weighted by atomic mass is 19.4. The Kier molecular flexibility index (Phi) is 6.37. The van der Waals surface area contributed by atoms with E-state index in [1.54, 1.807) is 0 Å². The zero-order valence-corrected chi connectivity index (χ0v) is 18.0. The molecule has 1 aromatic rings. The molecule has 1 heterocycles. The molecule has 1 aromatic carbocycles. The Hall–Kier alpha value is -2.16. The summed E-state index contributed by atoms with van der Waals surface area (Å²) in [6, 6.07) is 2.05. The van der Waals surface area contributed by atoms with E-state index in [0.717, 1.165) is 38.1 Å². The average Bonchev–Trinajstić information content (AvgIpc) is 2.58. The van der Waals surface area contributed by atoms with Crippen LogP contribution in [-0.2, 0) is 15.8 Å². The number of likely N-dealkylation sites (tertiary alicyclic amines) is 1.